The van der Waals surface area contributed by atoms with Crippen molar-refractivity contribution < 1.29 is 17.7 Å². The van der Waals surface area contributed by atoms with E-state index in [1.165, 1.54) is 121 Å². The Morgan fingerprint density at radius 2 is 0.960 bits per heavy atom. The van der Waals surface area contributed by atoms with Crippen LogP contribution in [-0.2, 0) is 0 Å². The van der Waals surface area contributed by atoms with Gasteiger partial charge in [-0.25, -0.2) is 0 Å². The summed E-state index contributed by atoms with van der Waals surface area (Å²) in [5, 5.41) is 2.44. The molecule has 0 aliphatic rings. The molecule has 0 bridgehead atoms. The Labute approximate surface area is 166 Å². The lowest BCUT2D eigenvalue weighted by atomic mass is 10.0. The SMILES string of the molecule is CCCCCCCCCCCCCCCCCC[NH2+]CC=C(C)C.[Cl-]. The van der Waals surface area contributed by atoms with Crippen LogP contribution in [0.5, 0.6) is 0 Å². The molecule has 2 heteroatoms. The summed E-state index contributed by atoms with van der Waals surface area (Å²) in [6, 6.07) is 0. The van der Waals surface area contributed by atoms with E-state index in [1.54, 1.807) is 0 Å². The summed E-state index contributed by atoms with van der Waals surface area (Å²) in [6.07, 6.45) is 25.6. The number of quaternary nitrogens is 1. The van der Waals surface area contributed by atoms with Gasteiger partial charge in [-0.3, -0.25) is 0 Å². The molecule has 0 aromatic heterocycles. The van der Waals surface area contributed by atoms with Crippen molar-refractivity contribution in [3.8, 4) is 0 Å². The highest BCUT2D eigenvalue weighted by Gasteiger charge is 1.95. The average molecular weight is 374 g/mol. The van der Waals surface area contributed by atoms with Crippen LogP contribution in [0.25, 0.3) is 0 Å². The minimum atomic E-state index is 0. The van der Waals surface area contributed by atoms with Crippen LogP contribution in [0.2, 0.25) is 0 Å². The third-order valence-corrected chi connectivity index (χ3v) is 4.95. The highest BCUT2D eigenvalue weighted by Crippen LogP contribution is 2.13. The fourth-order valence-electron chi connectivity index (χ4n) is 3.27. The van der Waals surface area contributed by atoms with Gasteiger partial charge in [0.1, 0.15) is 0 Å². The lowest BCUT2D eigenvalue weighted by Gasteiger charge is -2.03. The van der Waals surface area contributed by atoms with Crippen LogP contribution in [0.4, 0.5) is 0 Å². The molecule has 0 saturated heterocycles. The third-order valence-electron chi connectivity index (χ3n) is 4.95. The molecule has 25 heavy (non-hydrogen) atoms. The maximum Gasteiger partial charge on any atom is 0.0944 e. The topological polar surface area (TPSA) is 16.6 Å². The number of hydrogen-bond acceptors (Lipinski definition) is 0. The summed E-state index contributed by atoms with van der Waals surface area (Å²) in [6.45, 7) is 9.14. The van der Waals surface area contributed by atoms with Gasteiger partial charge < -0.3 is 17.7 Å². The molecule has 0 saturated carbocycles. The van der Waals surface area contributed by atoms with E-state index in [0.717, 1.165) is 0 Å². The summed E-state index contributed by atoms with van der Waals surface area (Å²) in [4.78, 5) is 0. The van der Waals surface area contributed by atoms with E-state index >= 15 is 0 Å². The molecule has 0 aromatic carbocycles. The summed E-state index contributed by atoms with van der Waals surface area (Å²) >= 11 is 0. The number of unbranched alkanes of at least 4 members (excludes halogenated alkanes) is 15. The third kappa shape index (κ3) is 26.3. The average Bonchev–Trinajstić information content (AvgIpc) is 2.56. The summed E-state index contributed by atoms with van der Waals surface area (Å²) in [7, 11) is 0. The molecule has 0 amide bonds. The standard InChI is InChI=1S/C23H47N.ClH/c1-4-5-6-7-8-9-10-11-12-13-14-15-16-17-18-19-21-24-22-20-23(2)3;/h20,24H,4-19,21-22H2,1-3H3;1H. The molecule has 0 radical (unpaired) electrons. The number of allylic oxidation sites excluding steroid dienone is 1. The first-order valence-corrected chi connectivity index (χ1v) is 11.2. The molecule has 0 heterocycles. The zero-order valence-corrected chi connectivity index (χ0v) is 18.5. The van der Waals surface area contributed by atoms with Gasteiger partial charge in [0.25, 0.3) is 0 Å². The highest BCUT2D eigenvalue weighted by molar-refractivity contribution is 4.91. The van der Waals surface area contributed by atoms with E-state index in [2.05, 4.69) is 32.2 Å². The number of halogens is 1. The van der Waals surface area contributed by atoms with Gasteiger partial charge in [-0.05, 0) is 32.8 Å². The molecule has 0 aliphatic carbocycles. The van der Waals surface area contributed by atoms with Crippen LogP contribution in [0, 0.1) is 0 Å². The summed E-state index contributed by atoms with van der Waals surface area (Å²) in [5.74, 6) is 0. The molecule has 0 rings (SSSR count). The molecular formula is C23H48ClN. The molecular weight excluding hydrogens is 326 g/mol. The summed E-state index contributed by atoms with van der Waals surface area (Å²) < 4.78 is 0. The van der Waals surface area contributed by atoms with Crippen molar-refractivity contribution in [2.24, 2.45) is 0 Å². The Morgan fingerprint density at radius 1 is 0.600 bits per heavy atom. The zero-order valence-electron chi connectivity index (χ0n) is 17.8. The molecule has 0 spiro atoms. The second kappa shape index (κ2) is 24.0. The monoisotopic (exact) mass is 373 g/mol. The van der Waals surface area contributed by atoms with Crippen molar-refractivity contribution in [1.82, 2.24) is 0 Å². The van der Waals surface area contributed by atoms with Gasteiger partial charge in [-0.2, -0.15) is 0 Å². The molecule has 2 N–H and O–H groups in total. The zero-order chi connectivity index (χ0) is 17.7. The quantitative estimate of drug-likeness (QED) is 0.262. The number of nitrogens with two attached hydrogens (primary N) is 1. The van der Waals surface area contributed by atoms with Crippen LogP contribution >= 0.6 is 0 Å². The van der Waals surface area contributed by atoms with Crippen molar-refractivity contribution in [3.05, 3.63) is 11.6 Å². The Hall–Kier alpha value is -0.0100. The van der Waals surface area contributed by atoms with Gasteiger partial charge in [0.2, 0.25) is 0 Å². The minimum Gasteiger partial charge on any atom is -1.00 e. The van der Waals surface area contributed by atoms with Crippen molar-refractivity contribution in [3.63, 3.8) is 0 Å². The van der Waals surface area contributed by atoms with Crippen molar-refractivity contribution in [2.75, 3.05) is 13.1 Å². The molecule has 0 aliphatic heterocycles. The van der Waals surface area contributed by atoms with Gasteiger partial charge in [-0.15, -0.1) is 0 Å². The predicted octanol–water partition coefficient (Wildman–Crippen LogP) is 3.78. The van der Waals surface area contributed by atoms with E-state index in [0.29, 0.717) is 0 Å². The Kier molecular flexibility index (Phi) is 26.1. The fourth-order valence-corrected chi connectivity index (χ4v) is 3.27. The van der Waals surface area contributed by atoms with E-state index in [4.69, 9.17) is 0 Å². The second-order valence-corrected chi connectivity index (χ2v) is 7.90. The van der Waals surface area contributed by atoms with Gasteiger partial charge >= 0.3 is 0 Å². The maximum absolute atomic E-state index is 2.44. The predicted molar refractivity (Wildman–Crippen MR) is 111 cm³/mol. The minimum absolute atomic E-state index is 0. The van der Waals surface area contributed by atoms with Crippen LogP contribution in [0.15, 0.2) is 11.6 Å². The number of hydrogen-bond donors (Lipinski definition) is 1. The van der Waals surface area contributed by atoms with Crippen molar-refractivity contribution in [1.29, 1.82) is 0 Å². The van der Waals surface area contributed by atoms with E-state index in [9.17, 15) is 0 Å². The largest absolute Gasteiger partial charge is 1.00 e. The van der Waals surface area contributed by atoms with E-state index < -0.39 is 0 Å². The Morgan fingerprint density at radius 3 is 1.32 bits per heavy atom. The lowest BCUT2D eigenvalue weighted by molar-refractivity contribution is -0.646. The smallest absolute Gasteiger partial charge is 0.0944 e. The first-order chi connectivity index (χ1) is 11.8. The van der Waals surface area contributed by atoms with Gasteiger partial charge in [0, 0.05) is 0 Å². The van der Waals surface area contributed by atoms with Crippen molar-refractivity contribution in [2.45, 2.75) is 124 Å². The van der Waals surface area contributed by atoms with Crippen molar-refractivity contribution >= 4 is 0 Å². The fraction of sp³-hybridized carbons (Fsp3) is 0.913. The first kappa shape index (κ1) is 27.2. The van der Waals surface area contributed by atoms with Crippen LogP contribution in [0.3, 0.4) is 0 Å². The van der Waals surface area contributed by atoms with Gasteiger partial charge in [0.05, 0.1) is 13.1 Å². The van der Waals surface area contributed by atoms with Crippen LogP contribution in [0.1, 0.15) is 124 Å². The maximum atomic E-state index is 2.44. The Bertz CT molecular complexity index is 259. The Balaban J connectivity index is 0. The first-order valence-electron chi connectivity index (χ1n) is 11.2. The molecule has 0 fully saturated rings. The van der Waals surface area contributed by atoms with Gasteiger partial charge in [0.15, 0.2) is 0 Å². The molecule has 0 atom stereocenters. The second-order valence-electron chi connectivity index (χ2n) is 7.90. The normalized spacial score (nSPS) is 10.5. The molecule has 0 aromatic rings. The molecule has 152 valence electrons. The van der Waals surface area contributed by atoms with Crippen LogP contribution < -0.4 is 17.7 Å². The molecule has 0 unspecified atom stereocenters. The lowest BCUT2D eigenvalue weighted by Crippen LogP contribution is -3.00. The van der Waals surface area contributed by atoms with E-state index in [-0.39, 0.29) is 12.4 Å². The van der Waals surface area contributed by atoms with Gasteiger partial charge in [-0.1, -0.05) is 102 Å². The highest BCUT2D eigenvalue weighted by atomic mass is 35.5. The number of rotatable bonds is 19. The van der Waals surface area contributed by atoms with Crippen LogP contribution in [-0.4, -0.2) is 13.1 Å². The summed E-state index contributed by atoms with van der Waals surface area (Å²) in [5.41, 5.74) is 1.44. The van der Waals surface area contributed by atoms with E-state index in [1.807, 2.05) is 0 Å². The molecule has 1 nitrogen and oxygen atoms in total.